The third-order valence-electron chi connectivity index (χ3n) is 2.88. The Morgan fingerprint density at radius 3 is 2.78 bits per heavy atom. The molecule has 18 heavy (non-hydrogen) atoms. The number of amides is 1. The zero-order valence-corrected chi connectivity index (χ0v) is 10.7. The van der Waals surface area contributed by atoms with E-state index in [1.807, 2.05) is 20.8 Å². The Bertz CT molecular complexity index is 537. The van der Waals surface area contributed by atoms with E-state index < -0.39 is 0 Å². The Kier molecular flexibility index (Phi) is 3.45. The number of aryl methyl sites for hydroxylation is 3. The van der Waals surface area contributed by atoms with E-state index in [1.54, 1.807) is 6.20 Å². The molecule has 1 amide bonds. The van der Waals surface area contributed by atoms with Crippen LogP contribution in [0.15, 0.2) is 10.7 Å². The van der Waals surface area contributed by atoms with Gasteiger partial charge in [0.05, 0.1) is 11.9 Å². The zero-order chi connectivity index (χ0) is 13.1. The van der Waals surface area contributed by atoms with Gasteiger partial charge >= 0.3 is 0 Å². The summed E-state index contributed by atoms with van der Waals surface area (Å²) in [7, 11) is 0. The number of hydrogen-bond acceptors (Lipinski definition) is 4. The van der Waals surface area contributed by atoms with Gasteiger partial charge in [-0.1, -0.05) is 5.16 Å². The SMILES string of the molecule is Cc1cn[nH]c1NC(=O)CCc1c(C)noc1C. The van der Waals surface area contributed by atoms with Gasteiger partial charge in [0.2, 0.25) is 5.91 Å². The molecule has 2 aromatic rings. The van der Waals surface area contributed by atoms with Crippen molar-refractivity contribution < 1.29 is 9.32 Å². The average molecular weight is 248 g/mol. The van der Waals surface area contributed by atoms with Gasteiger partial charge in [0, 0.05) is 17.5 Å². The smallest absolute Gasteiger partial charge is 0.225 e. The van der Waals surface area contributed by atoms with E-state index in [4.69, 9.17) is 4.52 Å². The van der Waals surface area contributed by atoms with Crippen molar-refractivity contribution in [3.63, 3.8) is 0 Å². The molecule has 0 aliphatic heterocycles. The van der Waals surface area contributed by atoms with Crippen molar-refractivity contribution in [2.75, 3.05) is 5.32 Å². The number of carbonyl (C=O) groups is 1. The summed E-state index contributed by atoms with van der Waals surface area (Å²) in [4.78, 5) is 11.8. The first-order chi connectivity index (χ1) is 8.58. The normalized spacial score (nSPS) is 10.6. The van der Waals surface area contributed by atoms with Crippen molar-refractivity contribution in [2.45, 2.75) is 33.6 Å². The van der Waals surface area contributed by atoms with Crippen LogP contribution >= 0.6 is 0 Å². The molecule has 0 bridgehead atoms. The quantitative estimate of drug-likeness (QED) is 0.865. The minimum Gasteiger partial charge on any atom is -0.361 e. The molecular weight excluding hydrogens is 232 g/mol. The standard InChI is InChI=1S/C12H16N4O2/c1-7-6-13-15-12(7)14-11(17)5-4-10-8(2)16-18-9(10)3/h6H,4-5H2,1-3H3,(H2,13,14,15,17). The van der Waals surface area contributed by atoms with Crippen LogP contribution in [-0.2, 0) is 11.2 Å². The van der Waals surface area contributed by atoms with E-state index in [0.717, 1.165) is 22.6 Å². The Balaban J connectivity index is 1.91. The number of nitrogens with zero attached hydrogens (tertiary/aromatic N) is 2. The highest BCUT2D eigenvalue weighted by atomic mass is 16.5. The van der Waals surface area contributed by atoms with Gasteiger partial charge < -0.3 is 9.84 Å². The van der Waals surface area contributed by atoms with Crippen LogP contribution < -0.4 is 5.32 Å². The number of aromatic amines is 1. The van der Waals surface area contributed by atoms with Crippen LogP contribution in [0, 0.1) is 20.8 Å². The second kappa shape index (κ2) is 5.03. The number of anilines is 1. The van der Waals surface area contributed by atoms with Crippen LogP contribution in [0.5, 0.6) is 0 Å². The fourth-order valence-electron chi connectivity index (χ4n) is 1.77. The van der Waals surface area contributed by atoms with Crippen molar-refractivity contribution in [1.29, 1.82) is 0 Å². The lowest BCUT2D eigenvalue weighted by atomic mass is 10.1. The van der Waals surface area contributed by atoms with Gasteiger partial charge in [-0.05, 0) is 27.2 Å². The van der Waals surface area contributed by atoms with Crippen LogP contribution in [0.2, 0.25) is 0 Å². The molecule has 0 spiro atoms. The van der Waals surface area contributed by atoms with Crippen LogP contribution in [0.3, 0.4) is 0 Å². The maximum Gasteiger partial charge on any atom is 0.225 e. The van der Waals surface area contributed by atoms with Gasteiger partial charge in [0.15, 0.2) is 0 Å². The molecule has 96 valence electrons. The molecule has 6 nitrogen and oxygen atoms in total. The molecule has 0 fully saturated rings. The fourth-order valence-corrected chi connectivity index (χ4v) is 1.77. The molecule has 6 heteroatoms. The molecule has 0 unspecified atom stereocenters. The highest BCUT2D eigenvalue weighted by molar-refractivity contribution is 5.90. The Morgan fingerprint density at radius 1 is 1.44 bits per heavy atom. The molecule has 0 radical (unpaired) electrons. The average Bonchev–Trinajstić information content (AvgIpc) is 2.85. The third-order valence-corrected chi connectivity index (χ3v) is 2.88. The first-order valence-electron chi connectivity index (χ1n) is 5.79. The molecule has 0 saturated heterocycles. The van der Waals surface area contributed by atoms with Crippen molar-refractivity contribution in [1.82, 2.24) is 15.4 Å². The molecule has 0 aliphatic rings. The lowest BCUT2D eigenvalue weighted by Gasteiger charge is -2.03. The number of rotatable bonds is 4. The molecule has 0 atom stereocenters. The number of carbonyl (C=O) groups excluding carboxylic acids is 1. The highest BCUT2D eigenvalue weighted by Crippen LogP contribution is 2.15. The molecule has 2 heterocycles. The maximum absolute atomic E-state index is 11.8. The molecular formula is C12H16N4O2. The first-order valence-corrected chi connectivity index (χ1v) is 5.79. The molecule has 0 aliphatic carbocycles. The molecule has 0 aromatic carbocycles. The number of hydrogen-bond donors (Lipinski definition) is 2. The Labute approximate surface area is 105 Å². The first kappa shape index (κ1) is 12.3. The second-order valence-corrected chi connectivity index (χ2v) is 4.28. The monoisotopic (exact) mass is 248 g/mol. The summed E-state index contributed by atoms with van der Waals surface area (Å²) in [6.07, 6.45) is 2.69. The predicted molar refractivity (Wildman–Crippen MR) is 66.3 cm³/mol. The zero-order valence-electron chi connectivity index (χ0n) is 10.7. The summed E-state index contributed by atoms with van der Waals surface area (Å²) < 4.78 is 5.05. The fraction of sp³-hybridized carbons (Fsp3) is 0.417. The topological polar surface area (TPSA) is 83.8 Å². The van der Waals surface area contributed by atoms with Gasteiger partial charge in [0.1, 0.15) is 11.6 Å². The summed E-state index contributed by atoms with van der Waals surface area (Å²) in [5.74, 6) is 1.37. The largest absolute Gasteiger partial charge is 0.361 e. The molecule has 0 saturated carbocycles. The van der Waals surface area contributed by atoms with Crippen LogP contribution in [-0.4, -0.2) is 21.3 Å². The summed E-state index contributed by atoms with van der Waals surface area (Å²) in [6, 6.07) is 0. The van der Waals surface area contributed by atoms with E-state index in [9.17, 15) is 4.79 Å². The van der Waals surface area contributed by atoms with Gasteiger partial charge in [-0.15, -0.1) is 0 Å². The van der Waals surface area contributed by atoms with Gasteiger partial charge in [-0.2, -0.15) is 5.10 Å². The maximum atomic E-state index is 11.8. The van der Waals surface area contributed by atoms with Crippen molar-refractivity contribution in [3.8, 4) is 0 Å². The number of nitrogens with one attached hydrogen (secondary N) is 2. The van der Waals surface area contributed by atoms with Crippen molar-refractivity contribution >= 4 is 11.7 Å². The lowest BCUT2D eigenvalue weighted by molar-refractivity contribution is -0.116. The second-order valence-electron chi connectivity index (χ2n) is 4.28. The molecule has 2 aromatic heterocycles. The highest BCUT2D eigenvalue weighted by Gasteiger charge is 2.12. The van der Waals surface area contributed by atoms with Crippen molar-refractivity contribution in [2.24, 2.45) is 0 Å². The van der Waals surface area contributed by atoms with E-state index in [-0.39, 0.29) is 5.91 Å². The summed E-state index contributed by atoms with van der Waals surface area (Å²) >= 11 is 0. The lowest BCUT2D eigenvalue weighted by Crippen LogP contribution is -2.13. The van der Waals surface area contributed by atoms with E-state index >= 15 is 0 Å². The Morgan fingerprint density at radius 2 is 2.22 bits per heavy atom. The van der Waals surface area contributed by atoms with Gasteiger partial charge in [-0.25, -0.2) is 0 Å². The summed E-state index contributed by atoms with van der Waals surface area (Å²) in [5, 5.41) is 13.2. The van der Waals surface area contributed by atoms with E-state index in [2.05, 4.69) is 20.7 Å². The minimum absolute atomic E-state index is 0.0534. The number of aromatic nitrogens is 3. The van der Waals surface area contributed by atoms with E-state index in [0.29, 0.717) is 18.7 Å². The predicted octanol–water partition coefficient (Wildman–Crippen LogP) is 1.89. The van der Waals surface area contributed by atoms with Crippen LogP contribution in [0.25, 0.3) is 0 Å². The van der Waals surface area contributed by atoms with Gasteiger partial charge in [-0.3, -0.25) is 9.89 Å². The third kappa shape index (κ3) is 2.58. The number of H-pyrrole nitrogens is 1. The molecule has 2 N–H and O–H groups in total. The minimum atomic E-state index is -0.0534. The van der Waals surface area contributed by atoms with Gasteiger partial charge in [0.25, 0.3) is 0 Å². The van der Waals surface area contributed by atoms with Crippen LogP contribution in [0.1, 0.15) is 29.0 Å². The summed E-state index contributed by atoms with van der Waals surface area (Å²) in [5.41, 5.74) is 2.77. The Hall–Kier alpha value is -2.11. The molecule has 2 rings (SSSR count). The van der Waals surface area contributed by atoms with Crippen LogP contribution in [0.4, 0.5) is 5.82 Å². The van der Waals surface area contributed by atoms with E-state index in [1.165, 1.54) is 0 Å². The summed E-state index contributed by atoms with van der Waals surface area (Å²) in [6.45, 7) is 5.61. The van der Waals surface area contributed by atoms with Crippen molar-refractivity contribution in [3.05, 3.63) is 28.8 Å².